The lowest BCUT2D eigenvalue weighted by Crippen LogP contribution is -2.42. The maximum atomic E-state index is 13.0. The number of carbonyl (C=O) groups is 2. The molecular weight excluding hydrogens is 374 g/mol. The Bertz CT molecular complexity index is 984. The first-order valence-corrected chi connectivity index (χ1v) is 10.3. The monoisotopic (exact) mass is 395 g/mol. The molecule has 0 aliphatic carbocycles. The van der Waals surface area contributed by atoms with E-state index in [2.05, 4.69) is 4.98 Å². The van der Waals surface area contributed by atoms with Gasteiger partial charge >= 0.3 is 5.97 Å². The Hall–Kier alpha value is -2.80. The quantitative estimate of drug-likeness (QED) is 0.669. The number of carbonyl (C=O) groups excluding carboxylic acids is 1. The molecule has 3 aromatic rings. The van der Waals surface area contributed by atoms with Crippen LogP contribution in [0.15, 0.2) is 59.8 Å². The van der Waals surface area contributed by atoms with Crippen molar-refractivity contribution in [3.05, 3.63) is 66.1 Å². The van der Waals surface area contributed by atoms with E-state index in [-0.39, 0.29) is 12.5 Å². The molecule has 0 bridgehead atoms. The number of carboxylic acid groups (broad SMARTS) is 1. The van der Waals surface area contributed by atoms with Gasteiger partial charge in [-0.15, -0.1) is 11.8 Å². The minimum Gasteiger partial charge on any atom is -0.481 e. The van der Waals surface area contributed by atoms with E-state index >= 15 is 0 Å². The lowest BCUT2D eigenvalue weighted by molar-refractivity contribution is -0.143. The molecule has 0 radical (unpaired) electrons. The molecule has 1 aliphatic heterocycles. The number of imidazole rings is 1. The number of aromatic nitrogens is 2. The highest BCUT2D eigenvalue weighted by Crippen LogP contribution is 2.28. The Kier molecular flexibility index (Phi) is 5.34. The molecular formula is C21H21N3O3S. The van der Waals surface area contributed by atoms with Crippen LogP contribution in [0, 0.1) is 5.92 Å². The predicted molar refractivity (Wildman–Crippen MR) is 107 cm³/mol. The Morgan fingerprint density at radius 1 is 1.18 bits per heavy atom. The van der Waals surface area contributed by atoms with Gasteiger partial charge in [-0.05, 0) is 37.1 Å². The van der Waals surface area contributed by atoms with Crippen LogP contribution in [0.3, 0.4) is 0 Å². The summed E-state index contributed by atoms with van der Waals surface area (Å²) in [6.45, 7) is 0.883. The number of nitrogens with zero attached hydrogens (tertiary/aromatic N) is 3. The van der Waals surface area contributed by atoms with Crippen LogP contribution in [0.2, 0.25) is 0 Å². The van der Waals surface area contributed by atoms with Crippen molar-refractivity contribution in [3.63, 3.8) is 0 Å². The number of thioether (sulfide) groups is 1. The molecule has 6 nitrogen and oxygen atoms in total. The van der Waals surface area contributed by atoms with Crippen LogP contribution in [0.5, 0.6) is 0 Å². The van der Waals surface area contributed by atoms with Crippen LogP contribution in [0.1, 0.15) is 28.9 Å². The first-order valence-electron chi connectivity index (χ1n) is 9.28. The zero-order chi connectivity index (χ0) is 19.5. The van der Waals surface area contributed by atoms with Crippen molar-refractivity contribution in [3.8, 4) is 0 Å². The summed E-state index contributed by atoms with van der Waals surface area (Å²) < 4.78 is 1.98. The number of benzene rings is 1. The van der Waals surface area contributed by atoms with Gasteiger partial charge in [-0.25, -0.2) is 4.98 Å². The van der Waals surface area contributed by atoms with E-state index < -0.39 is 11.9 Å². The summed E-state index contributed by atoms with van der Waals surface area (Å²) in [5.41, 5.74) is 2.47. The van der Waals surface area contributed by atoms with Crippen molar-refractivity contribution in [1.29, 1.82) is 0 Å². The molecule has 28 heavy (non-hydrogen) atoms. The third-order valence-corrected chi connectivity index (χ3v) is 6.07. The summed E-state index contributed by atoms with van der Waals surface area (Å²) in [6, 6.07) is 13.4. The fourth-order valence-electron chi connectivity index (χ4n) is 3.51. The second-order valence-electron chi connectivity index (χ2n) is 6.91. The summed E-state index contributed by atoms with van der Waals surface area (Å²) in [7, 11) is 0. The molecule has 4 rings (SSSR count). The van der Waals surface area contributed by atoms with Gasteiger partial charge in [0.1, 0.15) is 5.65 Å². The zero-order valence-corrected chi connectivity index (χ0v) is 16.1. The predicted octanol–water partition coefficient (Wildman–Crippen LogP) is 3.56. The normalized spacial score (nSPS) is 17.0. The van der Waals surface area contributed by atoms with Crippen LogP contribution in [-0.4, -0.2) is 44.4 Å². The molecule has 1 aliphatic rings. The van der Waals surface area contributed by atoms with E-state index in [1.165, 1.54) is 0 Å². The van der Waals surface area contributed by atoms with Crippen LogP contribution in [0.25, 0.3) is 5.65 Å². The average molecular weight is 395 g/mol. The SMILES string of the molecule is O=C(O)C1CCCN(C(=O)c2ccccc2SCc2cn3ccccc3n2)C1. The molecule has 1 atom stereocenters. The van der Waals surface area contributed by atoms with Gasteiger partial charge in [0, 0.05) is 36.1 Å². The first kappa shape index (κ1) is 18.6. The summed E-state index contributed by atoms with van der Waals surface area (Å²) >= 11 is 1.58. The Morgan fingerprint density at radius 2 is 2.00 bits per heavy atom. The van der Waals surface area contributed by atoms with Crippen LogP contribution in [-0.2, 0) is 10.5 Å². The summed E-state index contributed by atoms with van der Waals surface area (Å²) in [5.74, 6) is -0.740. The van der Waals surface area contributed by atoms with E-state index in [9.17, 15) is 14.7 Å². The molecule has 1 fully saturated rings. The number of hydrogen-bond acceptors (Lipinski definition) is 4. The highest BCUT2D eigenvalue weighted by molar-refractivity contribution is 7.98. The van der Waals surface area contributed by atoms with Crippen molar-refractivity contribution >= 4 is 29.3 Å². The summed E-state index contributed by atoms with van der Waals surface area (Å²) in [6.07, 6.45) is 5.31. The molecule has 1 amide bonds. The fourth-order valence-corrected chi connectivity index (χ4v) is 4.44. The molecule has 2 aromatic heterocycles. The highest BCUT2D eigenvalue weighted by atomic mass is 32.2. The van der Waals surface area contributed by atoms with Crippen LogP contribution in [0.4, 0.5) is 0 Å². The van der Waals surface area contributed by atoms with Gasteiger partial charge in [0.25, 0.3) is 5.91 Å². The molecule has 144 valence electrons. The van der Waals surface area contributed by atoms with Gasteiger partial charge in [-0.3, -0.25) is 9.59 Å². The number of likely N-dealkylation sites (tertiary alicyclic amines) is 1. The van der Waals surface area contributed by atoms with Gasteiger partial charge in [0.2, 0.25) is 0 Å². The number of pyridine rings is 1. The number of amides is 1. The molecule has 7 heteroatoms. The molecule has 3 heterocycles. The minimum atomic E-state index is -0.827. The topological polar surface area (TPSA) is 74.9 Å². The number of fused-ring (bicyclic) bond motifs is 1. The molecule has 1 unspecified atom stereocenters. The summed E-state index contributed by atoms with van der Waals surface area (Å²) in [5, 5.41) is 9.28. The zero-order valence-electron chi connectivity index (χ0n) is 15.3. The van der Waals surface area contributed by atoms with Crippen molar-refractivity contribution in [2.75, 3.05) is 13.1 Å². The lowest BCUT2D eigenvalue weighted by atomic mass is 9.97. The van der Waals surface area contributed by atoms with Gasteiger partial charge in [-0.1, -0.05) is 18.2 Å². The molecule has 1 aromatic carbocycles. The average Bonchev–Trinajstić information content (AvgIpc) is 3.15. The highest BCUT2D eigenvalue weighted by Gasteiger charge is 2.29. The fraction of sp³-hybridized carbons (Fsp3) is 0.286. The molecule has 1 saturated heterocycles. The van der Waals surface area contributed by atoms with Gasteiger partial charge in [-0.2, -0.15) is 0 Å². The van der Waals surface area contributed by atoms with Gasteiger partial charge < -0.3 is 14.4 Å². The number of rotatable bonds is 5. The maximum Gasteiger partial charge on any atom is 0.308 e. The van der Waals surface area contributed by atoms with E-state index in [0.29, 0.717) is 24.3 Å². The summed E-state index contributed by atoms with van der Waals surface area (Å²) in [4.78, 5) is 31.5. The largest absolute Gasteiger partial charge is 0.481 e. The lowest BCUT2D eigenvalue weighted by Gasteiger charge is -2.31. The molecule has 0 spiro atoms. The van der Waals surface area contributed by atoms with Gasteiger partial charge in [0.15, 0.2) is 0 Å². The standard InChI is InChI=1S/C21H21N3O3S/c25-20(24-11-5-6-15(12-24)21(26)27)17-7-1-2-8-18(17)28-14-16-13-23-10-4-3-9-19(23)22-16/h1-4,7-10,13,15H,5-6,11-12,14H2,(H,26,27). The third-order valence-electron chi connectivity index (χ3n) is 4.96. The van der Waals surface area contributed by atoms with Crippen molar-refractivity contribution in [2.45, 2.75) is 23.5 Å². The van der Waals surface area contributed by atoms with E-state index in [1.807, 2.05) is 59.3 Å². The number of carboxylic acids is 1. The Labute approximate surface area is 167 Å². The Morgan fingerprint density at radius 3 is 2.82 bits per heavy atom. The third kappa shape index (κ3) is 3.89. The van der Waals surface area contributed by atoms with Crippen LogP contribution < -0.4 is 0 Å². The second kappa shape index (κ2) is 8.06. The van der Waals surface area contributed by atoms with E-state index in [0.717, 1.165) is 22.7 Å². The molecule has 0 saturated carbocycles. The van der Waals surface area contributed by atoms with Crippen molar-refractivity contribution < 1.29 is 14.7 Å². The first-order chi connectivity index (χ1) is 13.6. The number of hydrogen-bond donors (Lipinski definition) is 1. The van der Waals surface area contributed by atoms with E-state index in [1.54, 1.807) is 16.7 Å². The minimum absolute atomic E-state index is 0.0935. The van der Waals surface area contributed by atoms with Crippen molar-refractivity contribution in [1.82, 2.24) is 14.3 Å². The second-order valence-corrected chi connectivity index (χ2v) is 7.93. The van der Waals surface area contributed by atoms with Crippen LogP contribution >= 0.6 is 11.8 Å². The van der Waals surface area contributed by atoms with E-state index in [4.69, 9.17) is 0 Å². The molecule has 1 N–H and O–H groups in total. The number of piperidine rings is 1. The van der Waals surface area contributed by atoms with Crippen molar-refractivity contribution in [2.24, 2.45) is 5.92 Å². The van der Waals surface area contributed by atoms with Gasteiger partial charge in [0.05, 0.1) is 17.2 Å². The maximum absolute atomic E-state index is 13.0. The number of aliphatic carboxylic acids is 1. The smallest absolute Gasteiger partial charge is 0.308 e. The Balaban J connectivity index is 1.50.